The van der Waals surface area contributed by atoms with Crippen LogP contribution in [0, 0.1) is 17.3 Å². The van der Waals surface area contributed by atoms with E-state index in [2.05, 4.69) is 33.8 Å². The van der Waals surface area contributed by atoms with E-state index < -0.39 is 5.60 Å². The van der Waals surface area contributed by atoms with Gasteiger partial charge >= 0.3 is 5.97 Å². The molecule has 2 aliphatic carbocycles. The average Bonchev–Trinajstić information content (AvgIpc) is 2.85. The lowest BCUT2D eigenvalue weighted by Crippen LogP contribution is -2.50. The summed E-state index contributed by atoms with van der Waals surface area (Å²) < 4.78 is 11.2. The van der Waals surface area contributed by atoms with Crippen LogP contribution in [-0.4, -0.2) is 29.9 Å². The van der Waals surface area contributed by atoms with Crippen molar-refractivity contribution >= 4 is 5.97 Å². The number of ether oxygens (including phenoxy) is 2. The fourth-order valence-electron chi connectivity index (χ4n) is 5.02. The fourth-order valence-corrected chi connectivity index (χ4v) is 5.02. The molecule has 0 radical (unpaired) electrons. The lowest BCUT2D eigenvalue weighted by molar-refractivity contribution is -0.112. The molecule has 0 heterocycles. The second-order valence-electron chi connectivity index (χ2n) is 8.91. The van der Waals surface area contributed by atoms with Crippen LogP contribution < -0.4 is 4.74 Å². The number of benzene rings is 1. The maximum atomic E-state index is 12.8. The van der Waals surface area contributed by atoms with E-state index >= 15 is 0 Å². The number of carbonyl (C=O) groups is 1. The van der Waals surface area contributed by atoms with Crippen molar-refractivity contribution in [1.82, 2.24) is 0 Å². The average molecular weight is 373 g/mol. The van der Waals surface area contributed by atoms with Crippen LogP contribution in [0.25, 0.3) is 0 Å². The third kappa shape index (κ3) is 3.64. The van der Waals surface area contributed by atoms with Gasteiger partial charge in [-0.15, -0.1) is 0 Å². The van der Waals surface area contributed by atoms with Gasteiger partial charge in [-0.25, -0.2) is 4.79 Å². The van der Waals surface area contributed by atoms with Crippen molar-refractivity contribution in [3.63, 3.8) is 0 Å². The third-order valence-corrected chi connectivity index (χ3v) is 6.78. The van der Waals surface area contributed by atoms with Gasteiger partial charge in [0.05, 0.1) is 18.3 Å². The van der Waals surface area contributed by atoms with Gasteiger partial charge in [-0.05, 0) is 61.8 Å². The van der Waals surface area contributed by atoms with Crippen molar-refractivity contribution in [2.24, 2.45) is 17.3 Å². The largest absolute Gasteiger partial charge is 0.497 e. The molecule has 1 fully saturated rings. The van der Waals surface area contributed by atoms with Gasteiger partial charge in [0.1, 0.15) is 11.9 Å². The number of esters is 1. The molecule has 27 heavy (non-hydrogen) atoms. The summed E-state index contributed by atoms with van der Waals surface area (Å²) in [5.74, 6) is 0.417. The molecule has 0 bridgehead atoms. The van der Waals surface area contributed by atoms with E-state index in [1.54, 1.807) is 31.4 Å². The molecule has 1 N–H and O–H groups in total. The number of aliphatic hydroxyl groups is 1. The number of carbonyl (C=O) groups excluding carboxylic acids is 1. The number of hydrogen-bond acceptors (Lipinski definition) is 4. The molecule has 1 aromatic carbocycles. The number of rotatable bonds is 4. The molecule has 4 atom stereocenters. The van der Waals surface area contributed by atoms with Gasteiger partial charge in [0.15, 0.2) is 0 Å². The molecule has 148 valence electrons. The second kappa shape index (κ2) is 7.31. The van der Waals surface area contributed by atoms with Gasteiger partial charge in [-0.2, -0.15) is 0 Å². The highest BCUT2D eigenvalue weighted by atomic mass is 16.5. The minimum atomic E-state index is -0.807. The van der Waals surface area contributed by atoms with Crippen LogP contribution in [0.1, 0.15) is 63.7 Å². The minimum Gasteiger partial charge on any atom is -0.497 e. The van der Waals surface area contributed by atoms with Crippen molar-refractivity contribution in [1.29, 1.82) is 0 Å². The molecule has 0 saturated heterocycles. The van der Waals surface area contributed by atoms with Gasteiger partial charge in [-0.3, -0.25) is 0 Å². The van der Waals surface area contributed by atoms with Crippen LogP contribution in [0.4, 0.5) is 0 Å². The molecular formula is C23H32O4. The normalized spacial score (nSPS) is 33.2. The van der Waals surface area contributed by atoms with Crippen molar-refractivity contribution in [2.75, 3.05) is 7.11 Å². The molecule has 0 aliphatic heterocycles. The predicted octanol–water partition coefficient (Wildman–Crippen LogP) is 4.76. The Balaban J connectivity index is 1.90. The molecule has 0 unspecified atom stereocenters. The Hall–Kier alpha value is -1.81. The zero-order valence-electron chi connectivity index (χ0n) is 17.1. The van der Waals surface area contributed by atoms with E-state index in [9.17, 15) is 9.90 Å². The Morgan fingerprint density at radius 1 is 1.22 bits per heavy atom. The molecule has 2 aliphatic rings. The SMILES string of the molecule is COc1ccc(C(=O)O[C@H]2CC(C)=CC[C@]3(C)CC[C@@](O)(C(C)C)[C@H]23)cc1. The van der Waals surface area contributed by atoms with E-state index in [0.717, 1.165) is 19.3 Å². The minimum absolute atomic E-state index is 0.0539. The van der Waals surface area contributed by atoms with Gasteiger partial charge in [0.2, 0.25) is 0 Å². The monoisotopic (exact) mass is 372 g/mol. The predicted molar refractivity (Wildman–Crippen MR) is 106 cm³/mol. The first kappa shape index (κ1) is 19.9. The summed E-state index contributed by atoms with van der Waals surface area (Å²) >= 11 is 0. The Morgan fingerprint density at radius 3 is 2.48 bits per heavy atom. The van der Waals surface area contributed by atoms with Gasteiger partial charge in [0, 0.05) is 12.3 Å². The van der Waals surface area contributed by atoms with Crippen LogP contribution >= 0.6 is 0 Å². The molecule has 4 heteroatoms. The summed E-state index contributed by atoms with van der Waals surface area (Å²) in [7, 11) is 1.60. The molecule has 0 amide bonds. The maximum absolute atomic E-state index is 12.8. The zero-order valence-corrected chi connectivity index (χ0v) is 17.1. The zero-order chi connectivity index (χ0) is 19.8. The Morgan fingerprint density at radius 2 is 1.89 bits per heavy atom. The molecule has 1 aromatic rings. The van der Waals surface area contributed by atoms with Gasteiger partial charge < -0.3 is 14.6 Å². The molecule has 0 spiro atoms. The summed E-state index contributed by atoms with van der Waals surface area (Å²) in [4.78, 5) is 12.8. The van der Waals surface area contributed by atoms with Crippen molar-refractivity contribution in [3.05, 3.63) is 41.5 Å². The lowest BCUT2D eigenvalue weighted by Gasteiger charge is -2.43. The number of allylic oxidation sites excluding steroid dienone is 1. The van der Waals surface area contributed by atoms with Crippen molar-refractivity contribution < 1.29 is 19.4 Å². The van der Waals surface area contributed by atoms with E-state index in [0.29, 0.717) is 17.7 Å². The highest BCUT2D eigenvalue weighted by Gasteiger charge is 2.59. The highest BCUT2D eigenvalue weighted by Crippen LogP contribution is 2.58. The van der Waals surface area contributed by atoms with Crippen LogP contribution in [0.2, 0.25) is 0 Å². The number of fused-ring (bicyclic) bond motifs is 1. The lowest BCUT2D eigenvalue weighted by atomic mass is 9.67. The topological polar surface area (TPSA) is 55.8 Å². The maximum Gasteiger partial charge on any atom is 0.338 e. The third-order valence-electron chi connectivity index (χ3n) is 6.78. The fraction of sp³-hybridized carbons (Fsp3) is 0.609. The first-order chi connectivity index (χ1) is 12.7. The van der Waals surface area contributed by atoms with Crippen LogP contribution in [0.5, 0.6) is 5.75 Å². The molecule has 3 rings (SSSR count). The van der Waals surface area contributed by atoms with Crippen LogP contribution in [0.3, 0.4) is 0 Å². The number of methoxy groups -OCH3 is 1. The summed E-state index contributed by atoms with van der Waals surface area (Å²) in [5, 5.41) is 11.5. The smallest absolute Gasteiger partial charge is 0.338 e. The van der Waals surface area contributed by atoms with E-state index in [4.69, 9.17) is 9.47 Å². The van der Waals surface area contributed by atoms with E-state index in [1.807, 2.05) is 0 Å². The van der Waals surface area contributed by atoms with Gasteiger partial charge in [0.25, 0.3) is 0 Å². The van der Waals surface area contributed by atoms with Crippen molar-refractivity contribution in [3.8, 4) is 5.75 Å². The highest BCUT2D eigenvalue weighted by molar-refractivity contribution is 5.89. The quantitative estimate of drug-likeness (QED) is 0.611. The Bertz CT molecular complexity index is 720. The standard InChI is InChI=1S/C23H32O4/c1-15(2)23(25)13-12-22(4)11-10-16(3)14-19(20(22)23)27-21(24)17-6-8-18(26-5)9-7-17/h6-10,15,19-20,25H,11-14H2,1-5H3/t19-,20+,22+,23+/m0/s1. The van der Waals surface area contributed by atoms with E-state index in [-0.39, 0.29) is 29.3 Å². The molecule has 0 aromatic heterocycles. The Kier molecular flexibility index (Phi) is 5.40. The first-order valence-electron chi connectivity index (χ1n) is 9.92. The first-order valence-corrected chi connectivity index (χ1v) is 9.92. The number of hydrogen-bond donors (Lipinski definition) is 1. The van der Waals surface area contributed by atoms with Crippen LogP contribution in [0.15, 0.2) is 35.9 Å². The molecular weight excluding hydrogens is 340 g/mol. The van der Waals surface area contributed by atoms with Crippen LogP contribution in [-0.2, 0) is 4.74 Å². The van der Waals surface area contributed by atoms with Crippen molar-refractivity contribution in [2.45, 2.75) is 65.1 Å². The molecule has 1 saturated carbocycles. The second-order valence-corrected chi connectivity index (χ2v) is 8.91. The molecule has 4 nitrogen and oxygen atoms in total. The summed E-state index contributed by atoms with van der Waals surface area (Å²) in [5.41, 5.74) is 0.874. The van der Waals surface area contributed by atoms with E-state index in [1.165, 1.54) is 5.57 Å². The summed E-state index contributed by atoms with van der Waals surface area (Å²) in [6.07, 6.45) is 5.26. The summed E-state index contributed by atoms with van der Waals surface area (Å²) in [6.45, 7) is 8.47. The Labute approximate surface area is 162 Å². The van der Waals surface area contributed by atoms with Gasteiger partial charge in [-0.1, -0.05) is 32.4 Å². The summed E-state index contributed by atoms with van der Waals surface area (Å²) in [6, 6.07) is 6.98.